The molecule has 0 saturated heterocycles. The predicted octanol–water partition coefficient (Wildman–Crippen LogP) is 1.22. The molecule has 0 saturated carbocycles. The van der Waals surface area contributed by atoms with Gasteiger partial charge in [-0.15, -0.1) is 0 Å². The molecule has 5 nitrogen and oxygen atoms in total. The third-order valence-electron chi connectivity index (χ3n) is 3.03. The molecule has 130 valence electrons. The van der Waals surface area contributed by atoms with Crippen LogP contribution in [0.3, 0.4) is 0 Å². The van der Waals surface area contributed by atoms with E-state index in [0.717, 1.165) is 0 Å². The Morgan fingerprint density at radius 3 is 2.52 bits per heavy atom. The number of aliphatic hydroxyl groups is 1. The van der Waals surface area contributed by atoms with Crippen molar-refractivity contribution in [2.75, 3.05) is 19.7 Å². The molecule has 0 aliphatic heterocycles. The summed E-state index contributed by atoms with van der Waals surface area (Å²) < 4.78 is 43.7. The molecular formula is C15H21F3N2O3. The number of benzene rings is 1. The first kappa shape index (κ1) is 19.4. The molecule has 0 radical (unpaired) electrons. The van der Waals surface area contributed by atoms with Crippen LogP contribution in [0.5, 0.6) is 0 Å². The van der Waals surface area contributed by atoms with E-state index < -0.39 is 24.3 Å². The van der Waals surface area contributed by atoms with Crippen LogP contribution in [0.15, 0.2) is 30.3 Å². The van der Waals surface area contributed by atoms with Crippen LogP contribution in [0.2, 0.25) is 0 Å². The molecule has 23 heavy (non-hydrogen) atoms. The first-order chi connectivity index (χ1) is 10.8. The van der Waals surface area contributed by atoms with E-state index in [-0.39, 0.29) is 26.2 Å². The molecule has 0 aromatic heterocycles. The highest BCUT2D eigenvalue weighted by atomic mass is 19.4. The Morgan fingerprint density at radius 2 is 1.96 bits per heavy atom. The molecule has 0 unspecified atom stereocenters. The number of rotatable bonds is 9. The van der Waals surface area contributed by atoms with Crippen molar-refractivity contribution >= 4 is 5.97 Å². The summed E-state index contributed by atoms with van der Waals surface area (Å²) in [5.74, 6) is -0.583. The van der Waals surface area contributed by atoms with Gasteiger partial charge < -0.3 is 15.2 Å². The lowest BCUT2D eigenvalue weighted by molar-refractivity contribution is -0.177. The Bertz CT molecular complexity index is 469. The fraction of sp³-hybridized carbons (Fsp3) is 0.533. The van der Waals surface area contributed by atoms with Crippen molar-refractivity contribution in [3.05, 3.63) is 35.9 Å². The number of carbonyl (C=O) groups is 1. The zero-order valence-electron chi connectivity index (χ0n) is 12.8. The summed E-state index contributed by atoms with van der Waals surface area (Å²) in [6.07, 6.45) is -6.34. The Hall–Kier alpha value is -1.64. The van der Waals surface area contributed by atoms with Gasteiger partial charge in [-0.2, -0.15) is 13.2 Å². The van der Waals surface area contributed by atoms with Crippen molar-refractivity contribution in [3.8, 4) is 0 Å². The van der Waals surface area contributed by atoms with Crippen LogP contribution in [0, 0.1) is 0 Å². The number of esters is 1. The second-order valence-electron chi connectivity index (χ2n) is 4.89. The fourth-order valence-electron chi connectivity index (χ4n) is 1.95. The standard InChI is InChI=1S/C15H21F3N2O3/c1-2-23-13(22)10-19-9-12(21)14(15(16,17)18)20-8-11-6-4-3-5-7-11/h3-7,12,14,19-21H,2,8-10H2,1H3/t12-,14+/m0/s1. The zero-order valence-corrected chi connectivity index (χ0v) is 12.8. The summed E-state index contributed by atoms with van der Waals surface area (Å²) in [6.45, 7) is 1.14. The SMILES string of the molecule is CCOC(=O)CNC[C@H](O)[C@@H](NCc1ccccc1)C(F)(F)F. The van der Waals surface area contributed by atoms with E-state index >= 15 is 0 Å². The van der Waals surface area contributed by atoms with E-state index in [9.17, 15) is 23.1 Å². The van der Waals surface area contributed by atoms with Gasteiger partial charge in [0.2, 0.25) is 0 Å². The van der Waals surface area contributed by atoms with Crippen LogP contribution >= 0.6 is 0 Å². The van der Waals surface area contributed by atoms with Gasteiger partial charge in [-0.1, -0.05) is 30.3 Å². The quantitative estimate of drug-likeness (QED) is 0.593. The van der Waals surface area contributed by atoms with E-state index in [4.69, 9.17) is 0 Å². The molecule has 1 rings (SSSR count). The first-order valence-electron chi connectivity index (χ1n) is 7.23. The molecule has 8 heteroatoms. The van der Waals surface area contributed by atoms with Gasteiger partial charge in [-0.3, -0.25) is 10.1 Å². The minimum atomic E-state index is -4.61. The Kier molecular flexibility index (Phi) is 8.01. The Balaban J connectivity index is 2.51. The highest BCUT2D eigenvalue weighted by molar-refractivity contribution is 5.71. The smallest absolute Gasteiger partial charge is 0.406 e. The van der Waals surface area contributed by atoms with Crippen molar-refractivity contribution < 1.29 is 27.8 Å². The van der Waals surface area contributed by atoms with E-state index in [1.807, 2.05) is 0 Å². The molecule has 0 amide bonds. The molecule has 0 spiro atoms. The van der Waals surface area contributed by atoms with Gasteiger partial charge in [0.15, 0.2) is 0 Å². The highest BCUT2D eigenvalue weighted by Gasteiger charge is 2.43. The highest BCUT2D eigenvalue weighted by Crippen LogP contribution is 2.23. The summed E-state index contributed by atoms with van der Waals surface area (Å²) in [6, 6.07) is 6.47. The van der Waals surface area contributed by atoms with Crippen molar-refractivity contribution in [3.63, 3.8) is 0 Å². The monoisotopic (exact) mass is 334 g/mol. The number of hydrogen-bond donors (Lipinski definition) is 3. The van der Waals surface area contributed by atoms with Gasteiger partial charge in [-0.05, 0) is 12.5 Å². The normalized spacial score (nSPS) is 14.3. The molecule has 3 N–H and O–H groups in total. The zero-order chi connectivity index (χ0) is 17.3. The average molecular weight is 334 g/mol. The number of nitrogens with one attached hydrogen (secondary N) is 2. The Morgan fingerprint density at radius 1 is 1.30 bits per heavy atom. The second kappa shape index (κ2) is 9.49. The minimum Gasteiger partial charge on any atom is -0.465 e. The number of ether oxygens (including phenoxy) is 1. The number of aliphatic hydroxyl groups excluding tert-OH is 1. The molecule has 0 heterocycles. The fourth-order valence-corrected chi connectivity index (χ4v) is 1.95. The van der Waals surface area contributed by atoms with Crippen LogP contribution in [-0.4, -0.2) is 49.1 Å². The third kappa shape index (κ3) is 7.45. The minimum absolute atomic E-state index is 0.0278. The number of halogens is 3. The molecule has 0 aliphatic rings. The lowest BCUT2D eigenvalue weighted by Crippen LogP contribution is -2.53. The van der Waals surface area contributed by atoms with Crippen molar-refractivity contribution in [1.29, 1.82) is 0 Å². The van der Waals surface area contributed by atoms with Crippen LogP contribution in [0.1, 0.15) is 12.5 Å². The predicted molar refractivity (Wildman–Crippen MR) is 78.6 cm³/mol. The third-order valence-corrected chi connectivity index (χ3v) is 3.03. The maximum absolute atomic E-state index is 13.0. The topological polar surface area (TPSA) is 70.6 Å². The number of carbonyl (C=O) groups excluding carboxylic acids is 1. The average Bonchev–Trinajstić information content (AvgIpc) is 2.47. The summed E-state index contributed by atoms with van der Waals surface area (Å²) in [7, 11) is 0. The van der Waals surface area contributed by atoms with Crippen LogP contribution in [0.25, 0.3) is 0 Å². The maximum Gasteiger partial charge on any atom is 0.406 e. The molecule has 0 bridgehead atoms. The van der Waals surface area contributed by atoms with Gasteiger partial charge in [0.25, 0.3) is 0 Å². The number of alkyl halides is 3. The van der Waals surface area contributed by atoms with E-state index in [0.29, 0.717) is 5.56 Å². The van der Waals surface area contributed by atoms with Gasteiger partial charge in [-0.25, -0.2) is 0 Å². The molecule has 0 aliphatic carbocycles. The van der Waals surface area contributed by atoms with Gasteiger partial charge >= 0.3 is 12.1 Å². The summed E-state index contributed by atoms with van der Waals surface area (Å²) >= 11 is 0. The van der Waals surface area contributed by atoms with Crippen LogP contribution in [0.4, 0.5) is 13.2 Å². The number of hydrogen-bond acceptors (Lipinski definition) is 5. The van der Waals surface area contributed by atoms with E-state index in [1.54, 1.807) is 37.3 Å². The van der Waals surface area contributed by atoms with Crippen LogP contribution in [-0.2, 0) is 16.1 Å². The van der Waals surface area contributed by atoms with Gasteiger partial charge in [0.1, 0.15) is 6.04 Å². The van der Waals surface area contributed by atoms with Crippen molar-refractivity contribution in [2.24, 2.45) is 0 Å². The van der Waals surface area contributed by atoms with Gasteiger partial charge in [0, 0.05) is 13.1 Å². The molecule has 1 aromatic rings. The largest absolute Gasteiger partial charge is 0.465 e. The summed E-state index contributed by atoms with van der Waals surface area (Å²) in [5.41, 5.74) is 0.674. The van der Waals surface area contributed by atoms with Gasteiger partial charge in [0.05, 0.1) is 19.3 Å². The first-order valence-corrected chi connectivity index (χ1v) is 7.23. The molecule has 2 atom stereocenters. The van der Waals surface area contributed by atoms with Crippen LogP contribution < -0.4 is 10.6 Å². The molecule has 0 fully saturated rings. The lowest BCUT2D eigenvalue weighted by atomic mass is 10.1. The second-order valence-corrected chi connectivity index (χ2v) is 4.89. The maximum atomic E-state index is 13.0. The van der Waals surface area contributed by atoms with Crippen molar-refractivity contribution in [1.82, 2.24) is 10.6 Å². The molecular weight excluding hydrogens is 313 g/mol. The summed E-state index contributed by atoms with van der Waals surface area (Å²) in [4.78, 5) is 11.1. The summed E-state index contributed by atoms with van der Waals surface area (Å²) in [5, 5.41) is 14.5. The van der Waals surface area contributed by atoms with E-state index in [2.05, 4.69) is 15.4 Å². The van der Waals surface area contributed by atoms with E-state index in [1.165, 1.54) is 0 Å². The van der Waals surface area contributed by atoms with Crippen molar-refractivity contribution in [2.45, 2.75) is 31.8 Å². The molecule has 1 aromatic carbocycles. The Labute approximate surface area is 132 Å². The lowest BCUT2D eigenvalue weighted by Gasteiger charge is -2.26.